The number of halogens is 1. The van der Waals surface area contributed by atoms with Gasteiger partial charge in [0.05, 0.1) is 11.2 Å². The molecule has 102 valence electrons. The average molecular weight is 265 g/mol. The van der Waals surface area contributed by atoms with E-state index in [1.165, 1.54) is 12.3 Å². The van der Waals surface area contributed by atoms with E-state index in [9.17, 15) is 9.50 Å². The molecule has 1 aromatic rings. The minimum Gasteiger partial charge on any atom is -0.506 e. The van der Waals surface area contributed by atoms with Crippen molar-refractivity contribution in [2.24, 2.45) is 0 Å². The summed E-state index contributed by atoms with van der Waals surface area (Å²) in [5.74, 6) is -0.0887. The molecule has 0 saturated carbocycles. The van der Waals surface area contributed by atoms with Crippen LogP contribution in [0.5, 0.6) is 5.75 Å². The Morgan fingerprint density at radius 3 is 2.42 bits per heavy atom. The third-order valence-corrected chi connectivity index (χ3v) is 3.57. The summed E-state index contributed by atoms with van der Waals surface area (Å²) in [6.07, 6.45) is 2.60. The van der Waals surface area contributed by atoms with E-state index in [0.717, 1.165) is 6.08 Å². The Hall–Kier alpha value is -1.40. The third kappa shape index (κ3) is 2.64. The Morgan fingerprint density at radius 2 is 1.89 bits per heavy atom. The summed E-state index contributed by atoms with van der Waals surface area (Å²) in [4.78, 5) is 3.88. The molecule has 0 aliphatic carbocycles. The first-order chi connectivity index (χ1) is 8.73. The molecule has 0 atom stereocenters. The van der Waals surface area contributed by atoms with Crippen molar-refractivity contribution in [3.8, 4) is 5.75 Å². The van der Waals surface area contributed by atoms with Crippen LogP contribution in [0.4, 0.5) is 4.39 Å². The Morgan fingerprint density at radius 1 is 1.32 bits per heavy atom. The Kier molecular flexibility index (Phi) is 3.41. The maximum Gasteiger partial charge on any atom is 0.525 e. The van der Waals surface area contributed by atoms with Gasteiger partial charge in [-0.1, -0.05) is 0 Å². The van der Waals surface area contributed by atoms with Crippen molar-refractivity contribution in [3.63, 3.8) is 0 Å². The predicted octanol–water partition coefficient (Wildman–Crippen LogP) is 2.73. The molecule has 19 heavy (non-hydrogen) atoms. The van der Waals surface area contributed by atoms with Crippen LogP contribution in [0.3, 0.4) is 0 Å². The highest BCUT2D eigenvalue weighted by atomic mass is 19.1. The van der Waals surface area contributed by atoms with Gasteiger partial charge in [0.15, 0.2) is 0 Å². The van der Waals surface area contributed by atoms with Gasteiger partial charge in [0.25, 0.3) is 0 Å². The van der Waals surface area contributed by atoms with Gasteiger partial charge in [-0.2, -0.15) is 0 Å². The minimum atomic E-state index is -1.08. The zero-order valence-corrected chi connectivity index (χ0v) is 11.5. The third-order valence-electron chi connectivity index (χ3n) is 3.57. The van der Waals surface area contributed by atoms with Gasteiger partial charge in [0.1, 0.15) is 17.2 Å². The van der Waals surface area contributed by atoms with E-state index in [1.54, 1.807) is 6.07 Å². The number of rotatable bonds is 2. The lowest BCUT2D eigenvalue weighted by Crippen LogP contribution is -2.41. The molecule has 1 aromatic heterocycles. The Balaban J connectivity index is 2.23. The second-order valence-corrected chi connectivity index (χ2v) is 5.53. The first kappa shape index (κ1) is 14.0. The number of nitrogens with zero attached hydrogens (tertiary/aromatic N) is 1. The predicted molar refractivity (Wildman–Crippen MR) is 71.1 cm³/mol. The zero-order valence-electron chi connectivity index (χ0n) is 11.5. The second kappa shape index (κ2) is 4.61. The fourth-order valence-corrected chi connectivity index (χ4v) is 1.67. The highest BCUT2D eigenvalue weighted by Gasteiger charge is 2.53. The van der Waals surface area contributed by atoms with E-state index in [2.05, 4.69) is 4.98 Å². The molecule has 1 aliphatic heterocycles. The number of hydrogen-bond donors (Lipinski definition) is 1. The van der Waals surface area contributed by atoms with Crippen LogP contribution in [0.25, 0.3) is 6.08 Å². The highest BCUT2D eigenvalue weighted by molar-refractivity contribution is 6.54. The summed E-state index contributed by atoms with van der Waals surface area (Å²) in [6, 6.07) is 3.01. The molecule has 1 aliphatic rings. The molecule has 1 fully saturated rings. The average Bonchev–Trinajstić information content (AvgIpc) is 2.51. The first-order valence-electron chi connectivity index (χ1n) is 6.10. The van der Waals surface area contributed by atoms with Gasteiger partial charge < -0.3 is 14.4 Å². The molecule has 0 unspecified atom stereocenters. The van der Waals surface area contributed by atoms with E-state index in [-0.39, 0.29) is 11.4 Å². The van der Waals surface area contributed by atoms with Crippen LogP contribution in [0, 0.1) is 0 Å². The maximum absolute atomic E-state index is 14.1. The molecule has 0 bridgehead atoms. The normalized spacial score (nSPS) is 21.7. The molecule has 1 N–H and O–H groups in total. The van der Waals surface area contributed by atoms with Crippen molar-refractivity contribution in [2.75, 3.05) is 0 Å². The molecule has 2 rings (SSSR count). The van der Waals surface area contributed by atoms with Crippen LogP contribution in [-0.2, 0) is 9.31 Å². The summed E-state index contributed by atoms with van der Waals surface area (Å²) < 4.78 is 25.2. The summed E-state index contributed by atoms with van der Waals surface area (Å²) in [7, 11) is -1.08. The smallest absolute Gasteiger partial charge is 0.506 e. The topological polar surface area (TPSA) is 51.6 Å². The van der Waals surface area contributed by atoms with E-state index in [1.807, 2.05) is 27.7 Å². The summed E-state index contributed by atoms with van der Waals surface area (Å²) in [6.45, 7) is 7.38. The van der Waals surface area contributed by atoms with Crippen molar-refractivity contribution in [1.29, 1.82) is 0 Å². The van der Waals surface area contributed by atoms with Gasteiger partial charge in [-0.15, -0.1) is 0 Å². The Labute approximate surface area is 112 Å². The summed E-state index contributed by atoms with van der Waals surface area (Å²) in [5, 5.41) is 9.55. The van der Waals surface area contributed by atoms with Gasteiger partial charge in [0, 0.05) is 6.20 Å². The molecule has 1 saturated heterocycles. The van der Waals surface area contributed by atoms with Crippen molar-refractivity contribution in [2.45, 2.75) is 38.9 Å². The molecule has 0 spiro atoms. The molecular weight excluding hydrogens is 248 g/mol. The quantitative estimate of drug-likeness (QED) is 0.835. The standard InChI is InChI=1S/C13H17BFNO3/c1-12(2)13(3,4)19-14(18-12)11(15)8-9-10(17)6-5-7-16-9/h5-8,17H,1-4H3. The first-order valence-corrected chi connectivity index (χ1v) is 6.10. The monoisotopic (exact) mass is 265 g/mol. The van der Waals surface area contributed by atoms with Crippen molar-refractivity contribution in [3.05, 3.63) is 29.7 Å². The van der Waals surface area contributed by atoms with Crippen LogP contribution in [0.15, 0.2) is 24.1 Å². The highest BCUT2D eigenvalue weighted by Crippen LogP contribution is 2.39. The van der Waals surface area contributed by atoms with E-state index < -0.39 is 24.0 Å². The van der Waals surface area contributed by atoms with Gasteiger partial charge in [-0.3, -0.25) is 4.98 Å². The summed E-state index contributed by atoms with van der Waals surface area (Å²) in [5.41, 5.74) is -1.67. The lowest BCUT2D eigenvalue weighted by molar-refractivity contribution is 0.00578. The zero-order chi connectivity index (χ0) is 14.3. The van der Waals surface area contributed by atoms with Crippen LogP contribution in [-0.4, -0.2) is 28.4 Å². The number of aromatic hydroxyl groups is 1. The minimum absolute atomic E-state index is 0.0887. The lowest BCUT2D eigenvalue weighted by atomic mass is 9.87. The van der Waals surface area contributed by atoms with E-state index >= 15 is 0 Å². The summed E-state index contributed by atoms with van der Waals surface area (Å²) >= 11 is 0. The molecule has 0 aromatic carbocycles. The van der Waals surface area contributed by atoms with Crippen LogP contribution < -0.4 is 0 Å². The van der Waals surface area contributed by atoms with Crippen LogP contribution >= 0.6 is 0 Å². The molecule has 0 radical (unpaired) electrons. The van der Waals surface area contributed by atoms with E-state index in [0.29, 0.717) is 0 Å². The number of pyridine rings is 1. The number of aromatic nitrogens is 1. The molecular formula is C13H17BFNO3. The fraction of sp³-hybridized carbons (Fsp3) is 0.462. The Bertz CT molecular complexity index is 500. The van der Waals surface area contributed by atoms with Crippen LogP contribution in [0.1, 0.15) is 33.4 Å². The van der Waals surface area contributed by atoms with Gasteiger partial charge in [-0.25, -0.2) is 4.39 Å². The molecule has 6 heteroatoms. The second-order valence-electron chi connectivity index (χ2n) is 5.53. The van der Waals surface area contributed by atoms with Crippen molar-refractivity contribution in [1.82, 2.24) is 4.98 Å². The van der Waals surface area contributed by atoms with Crippen LogP contribution in [0.2, 0.25) is 0 Å². The fourth-order valence-electron chi connectivity index (χ4n) is 1.67. The van der Waals surface area contributed by atoms with Gasteiger partial charge >= 0.3 is 7.12 Å². The number of hydrogen-bond acceptors (Lipinski definition) is 4. The van der Waals surface area contributed by atoms with Crippen molar-refractivity contribution < 1.29 is 18.8 Å². The molecule has 0 amide bonds. The van der Waals surface area contributed by atoms with Gasteiger partial charge in [0.2, 0.25) is 0 Å². The SMILES string of the molecule is CC1(C)OB(C(F)=Cc2ncccc2O)OC1(C)C. The van der Waals surface area contributed by atoms with Gasteiger partial charge in [-0.05, 0) is 45.9 Å². The molecule has 2 heterocycles. The largest absolute Gasteiger partial charge is 0.525 e. The lowest BCUT2D eigenvalue weighted by Gasteiger charge is -2.32. The molecule has 4 nitrogen and oxygen atoms in total. The maximum atomic E-state index is 14.1. The van der Waals surface area contributed by atoms with Crippen molar-refractivity contribution >= 4 is 13.2 Å². The van der Waals surface area contributed by atoms with E-state index in [4.69, 9.17) is 9.31 Å².